The van der Waals surface area contributed by atoms with Gasteiger partial charge in [-0.1, -0.05) is 167 Å². The number of nitrogens with zero attached hydrogens (tertiary/aromatic N) is 4. The second-order valence-corrected chi connectivity index (χ2v) is 22.4. The molecular weight excluding hydrogens is 1000 g/mol. The van der Waals surface area contributed by atoms with Crippen molar-refractivity contribution in [3.05, 3.63) is 284 Å². The number of aromatic amines is 4. The predicted octanol–water partition coefficient (Wildman–Crippen LogP) is 17.3. The Hall–Kier alpha value is -9.14. The average Bonchev–Trinajstić information content (AvgIpc) is 4.58. The van der Waals surface area contributed by atoms with Gasteiger partial charge < -0.3 is 19.9 Å². The van der Waals surface area contributed by atoms with Gasteiger partial charge >= 0.3 is 0 Å². The van der Waals surface area contributed by atoms with Crippen LogP contribution in [0.1, 0.15) is 134 Å². The Morgan fingerprint density at radius 2 is 0.793 bits per heavy atom. The van der Waals surface area contributed by atoms with Crippen LogP contribution in [0.5, 0.6) is 0 Å². The lowest BCUT2D eigenvalue weighted by atomic mass is 9.84. The predicted molar refractivity (Wildman–Crippen MR) is 345 cm³/mol. The summed E-state index contributed by atoms with van der Waals surface area (Å²) in [5.41, 5.74) is 26.2. The van der Waals surface area contributed by atoms with Gasteiger partial charge in [0.1, 0.15) is 0 Å². The molecule has 0 atom stereocenters. The van der Waals surface area contributed by atoms with Gasteiger partial charge in [0.15, 0.2) is 0 Å². The molecule has 2 aliphatic rings. The monoisotopic (exact) mass is 1070 g/mol. The lowest BCUT2D eigenvalue weighted by Gasteiger charge is -2.22. The van der Waals surface area contributed by atoms with Crippen molar-refractivity contribution in [1.29, 1.82) is 0 Å². The van der Waals surface area contributed by atoms with Gasteiger partial charge in [0.05, 0.1) is 58.7 Å². The third kappa shape index (κ3) is 11.1. The van der Waals surface area contributed by atoms with Gasteiger partial charge in [-0.05, 0) is 164 Å². The van der Waals surface area contributed by atoms with Crippen LogP contribution in [0.4, 0.5) is 0 Å². The van der Waals surface area contributed by atoms with Crippen LogP contribution in [0, 0.1) is 0 Å². The SMILES string of the molecule is CCc1c(/C(=C2\C=CC(C(C)(C)c3ccc(C=NCc4ccccc4)[nH]3)=N2)c2ccccc2)[nH]c(-c2cccc(-c3[nH]c(/C(=C4\C=CC(C(C)(C)c5ccc(C=NCc6ccccc6)[nH]5)=N4)c4ccccc4)c(CC)c3CC)c2)c1CC. The topological polar surface area (TPSA) is 113 Å². The standard InChI is InChI=1S/C74H74N8/c1-9-57-59(11-3)71(67(51-30-21-15-22-31-51)61-38-42-65(79-61)73(5,6)63-40-36-55(77-63)47-75-45-49-26-17-13-18-27-49)81-69(57)53-34-25-35-54(44-53)70-58(10-2)60(12-4)72(82-70)68(52-32-23-16-24-33-52)62-39-43-66(80-62)74(7,8)64-41-37-56(78-64)48-76-46-50-28-19-14-20-29-50/h13-44,47-48,77-78,81-82H,9-12,45-46H2,1-8H3/b67-61+,68-62+,75-47?,76-48?. The number of allylic oxidation sites excluding steroid dienone is 4. The maximum Gasteiger partial charge on any atom is 0.0733 e. The molecule has 0 amide bonds. The fraction of sp³-hybridized carbons (Fsp3) is 0.216. The van der Waals surface area contributed by atoms with E-state index in [9.17, 15) is 0 Å². The molecular formula is C74H74N8. The number of H-pyrrole nitrogens is 4. The summed E-state index contributed by atoms with van der Waals surface area (Å²) in [5, 5.41) is 0. The first-order valence-electron chi connectivity index (χ1n) is 29.2. The van der Waals surface area contributed by atoms with E-state index in [4.69, 9.17) is 20.0 Å². The molecule has 0 saturated heterocycles. The molecule has 8 nitrogen and oxygen atoms in total. The Morgan fingerprint density at radius 3 is 1.17 bits per heavy atom. The van der Waals surface area contributed by atoms with Crippen molar-refractivity contribution in [2.75, 3.05) is 0 Å². The zero-order chi connectivity index (χ0) is 56.8. The maximum absolute atomic E-state index is 5.50. The molecule has 4 aromatic heterocycles. The van der Waals surface area contributed by atoms with Crippen LogP contribution < -0.4 is 0 Å². The van der Waals surface area contributed by atoms with E-state index in [-0.39, 0.29) is 0 Å². The Balaban J connectivity index is 0.943. The van der Waals surface area contributed by atoms with Crippen LogP contribution in [0.3, 0.4) is 0 Å². The Morgan fingerprint density at radius 1 is 0.415 bits per heavy atom. The van der Waals surface area contributed by atoms with Gasteiger partial charge in [-0.15, -0.1) is 0 Å². The van der Waals surface area contributed by atoms with Gasteiger partial charge in [0.25, 0.3) is 0 Å². The average molecular weight is 1080 g/mol. The fourth-order valence-corrected chi connectivity index (χ4v) is 11.9. The van der Waals surface area contributed by atoms with Gasteiger partial charge in [0.2, 0.25) is 0 Å². The van der Waals surface area contributed by atoms with E-state index in [0.29, 0.717) is 13.1 Å². The summed E-state index contributed by atoms with van der Waals surface area (Å²) in [4.78, 5) is 35.9. The highest BCUT2D eigenvalue weighted by atomic mass is 14.9. The molecule has 11 rings (SSSR count). The number of nitrogens with one attached hydrogen (secondary N) is 4. The van der Waals surface area contributed by atoms with E-state index in [1.165, 1.54) is 33.4 Å². The minimum atomic E-state index is -0.395. The summed E-state index contributed by atoms with van der Waals surface area (Å²) in [5.74, 6) is 0. The first-order chi connectivity index (χ1) is 40.0. The Kier molecular flexibility index (Phi) is 16.0. The van der Waals surface area contributed by atoms with Crippen LogP contribution in [-0.2, 0) is 49.6 Å². The van der Waals surface area contributed by atoms with Crippen LogP contribution in [0.2, 0.25) is 0 Å². The van der Waals surface area contributed by atoms with Crippen molar-refractivity contribution >= 4 is 35.0 Å². The van der Waals surface area contributed by atoms with Crippen molar-refractivity contribution in [2.45, 2.75) is 105 Å². The number of hydrogen-bond acceptors (Lipinski definition) is 4. The molecule has 8 heteroatoms. The number of aromatic nitrogens is 4. The zero-order valence-electron chi connectivity index (χ0n) is 48.7. The van der Waals surface area contributed by atoms with E-state index in [1.54, 1.807) is 0 Å². The van der Waals surface area contributed by atoms with Crippen molar-refractivity contribution < 1.29 is 0 Å². The molecule has 0 spiro atoms. The molecule has 0 saturated carbocycles. The minimum absolute atomic E-state index is 0.395. The Bertz CT molecular complexity index is 3730. The largest absolute Gasteiger partial charge is 0.357 e. The summed E-state index contributed by atoms with van der Waals surface area (Å²) in [6, 6.07) is 59.9. The molecule has 82 heavy (non-hydrogen) atoms. The summed E-state index contributed by atoms with van der Waals surface area (Å²) in [6.07, 6.45) is 16.1. The van der Waals surface area contributed by atoms with Crippen molar-refractivity contribution in [1.82, 2.24) is 19.9 Å². The summed E-state index contributed by atoms with van der Waals surface area (Å²) in [6.45, 7) is 19.4. The lowest BCUT2D eigenvalue weighted by molar-refractivity contribution is 0.697. The molecule has 0 bridgehead atoms. The Labute approximate surface area is 484 Å². The summed E-state index contributed by atoms with van der Waals surface area (Å²) < 4.78 is 0. The first-order valence-corrected chi connectivity index (χ1v) is 29.2. The van der Waals surface area contributed by atoms with Crippen LogP contribution in [0.15, 0.2) is 226 Å². The van der Waals surface area contributed by atoms with E-state index >= 15 is 0 Å². The number of aliphatic imine (C=N–C) groups is 4. The normalized spacial score (nSPS) is 14.9. The molecule has 0 aliphatic carbocycles. The highest BCUT2D eigenvalue weighted by Gasteiger charge is 2.33. The molecule has 6 heterocycles. The highest BCUT2D eigenvalue weighted by molar-refractivity contribution is 6.08. The highest BCUT2D eigenvalue weighted by Crippen LogP contribution is 2.43. The first kappa shape index (κ1) is 54.8. The van der Waals surface area contributed by atoms with E-state index in [1.807, 2.05) is 24.6 Å². The van der Waals surface area contributed by atoms with E-state index < -0.39 is 10.8 Å². The molecule has 4 N–H and O–H groups in total. The lowest BCUT2D eigenvalue weighted by Crippen LogP contribution is -2.27. The smallest absolute Gasteiger partial charge is 0.0733 e. The van der Waals surface area contributed by atoms with Crippen molar-refractivity contribution in [3.8, 4) is 22.5 Å². The third-order valence-electron chi connectivity index (χ3n) is 16.4. The number of hydrogen-bond donors (Lipinski definition) is 4. The van der Waals surface area contributed by atoms with Gasteiger partial charge in [-0.2, -0.15) is 0 Å². The molecule has 2 aliphatic heterocycles. The third-order valence-corrected chi connectivity index (χ3v) is 16.4. The van der Waals surface area contributed by atoms with Gasteiger partial charge in [-0.3, -0.25) is 20.0 Å². The maximum atomic E-state index is 5.50. The molecule has 0 unspecified atom stereocenters. The molecule has 0 fully saturated rings. The van der Waals surface area contributed by atoms with E-state index in [2.05, 4.69) is 257 Å². The number of benzene rings is 5. The zero-order valence-corrected chi connectivity index (χ0v) is 48.7. The molecule has 410 valence electrons. The van der Waals surface area contributed by atoms with Crippen LogP contribution >= 0.6 is 0 Å². The molecule has 5 aromatic carbocycles. The summed E-state index contributed by atoms with van der Waals surface area (Å²) >= 11 is 0. The molecule has 0 radical (unpaired) electrons. The quantitative estimate of drug-likeness (QED) is 0.0545. The van der Waals surface area contributed by atoms with Gasteiger partial charge in [0, 0.05) is 57.2 Å². The molecule has 9 aromatic rings. The minimum Gasteiger partial charge on any atom is -0.357 e. The second-order valence-electron chi connectivity index (χ2n) is 22.4. The van der Waals surface area contributed by atoms with Crippen LogP contribution in [0.25, 0.3) is 33.7 Å². The van der Waals surface area contributed by atoms with Crippen molar-refractivity contribution in [2.24, 2.45) is 20.0 Å². The van der Waals surface area contributed by atoms with Gasteiger partial charge in [-0.25, -0.2) is 0 Å². The fourth-order valence-electron chi connectivity index (χ4n) is 11.9. The number of rotatable bonds is 20. The van der Waals surface area contributed by atoms with E-state index in [0.717, 1.165) is 127 Å². The van der Waals surface area contributed by atoms with Crippen LogP contribution in [-0.4, -0.2) is 43.8 Å². The van der Waals surface area contributed by atoms with Crippen molar-refractivity contribution in [3.63, 3.8) is 0 Å². The summed E-state index contributed by atoms with van der Waals surface area (Å²) in [7, 11) is 0. The second kappa shape index (κ2) is 23.9.